The Labute approximate surface area is 209 Å². The van der Waals surface area contributed by atoms with Gasteiger partial charge < -0.3 is 4.42 Å². The number of aromatic nitrogens is 2. The lowest BCUT2D eigenvalue weighted by atomic mass is 9.96. The smallest absolute Gasteiger partial charge is 0.216 e. The average molecular weight is 467 g/mol. The van der Waals surface area contributed by atoms with Crippen LogP contribution < -0.4 is 4.57 Å². The third-order valence-corrected chi connectivity index (χ3v) is 6.82. The molecular formula is C32H24N3O+. The van der Waals surface area contributed by atoms with E-state index in [-0.39, 0.29) is 0 Å². The SMILES string of the molecule is Cc1cc[n+](C)c(-c2c(C)ccc3c2oc2c(-c4ccc(-c5ccccc5)nc4)c(C#N)ccc23)c1. The van der Waals surface area contributed by atoms with Crippen LogP contribution in [0.1, 0.15) is 16.7 Å². The maximum atomic E-state index is 9.97. The van der Waals surface area contributed by atoms with Gasteiger partial charge in [-0.25, -0.2) is 4.57 Å². The number of benzene rings is 3. The fourth-order valence-corrected chi connectivity index (χ4v) is 4.95. The predicted octanol–water partition coefficient (Wildman–Crippen LogP) is 7.30. The Kier molecular flexibility index (Phi) is 5.13. The Morgan fingerprint density at radius 3 is 2.28 bits per heavy atom. The molecule has 0 aliphatic heterocycles. The highest BCUT2D eigenvalue weighted by Crippen LogP contribution is 2.42. The van der Waals surface area contributed by atoms with Crippen molar-refractivity contribution in [2.24, 2.45) is 7.05 Å². The van der Waals surface area contributed by atoms with Crippen LogP contribution >= 0.6 is 0 Å². The molecule has 0 radical (unpaired) electrons. The molecule has 4 heteroatoms. The largest absolute Gasteiger partial charge is 0.454 e. The zero-order chi connectivity index (χ0) is 24.8. The zero-order valence-corrected chi connectivity index (χ0v) is 20.4. The molecule has 6 rings (SSSR count). The van der Waals surface area contributed by atoms with Crippen LogP contribution in [0.4, 0.5) is 0 Å². The van der Waals surface area contributed by atoms with Gasteiger partial charge in [0.2, 0.25) is 5.69 Å². The standard InChI is InChI=1S/C32H24N3O/c1-20-15-16-35(3)28(17-20)29-21(2)9-12-25-26-13-10-23(18-33)30(32(26)36-31(25)29)24-11-14-27(34-19-24)22-7-5-4-6-8-22/h4-17,19H,1-3H3/q+1. The Balaban J connectivity index is 1.62. The highest BCUT2D eigenvalue weighted by Gasteiger charge is 2.23. The molecule has 0 amide bonds. The van der Waals surface area contributed by atoms with Crippen molar-refractivity contribution in [3.8, 4) is 39.7 Å². The van der Waals surface area contributed by atoms with Crippen molar-refractivity contribution in [2.45, 2.75) is 13.8 Å². The predicted molar refractivity (Wildman–Crippen MR) is 143 cm³/mol. The molecule has 6 aromatic rings. The monoisotopic (exact) mass is 466 g/mol. The summed E-state index contributed by atoms with van der Waals surface area (Å²) in [4.78, 5) is 4.71. The Hall–Kier alpha value is -4.75. The Bertz CT molecular complexity index is 1810. The zero-order valence-electron chi connectivity index (χ0n) is 20.4. The minimum absolute atomic E-state index is 0.565. The molecule has 4 nitrogen and oxygen atoms in total. The number of hydrogen-bond acceptors (Lipinski definition) is 3. The van der Waals surface area contributed by atoms with Gasteiger partial charge in [-0.2, -0.15) is 5.26 Å². The highest BCUT2D eigenvalue weighted by molar-refractivity contribution is 6.14. The van der Waals surface area contributed by atoms with E-state index in [1.54, 1.807) is 0 Å². The van der Waals surface area contributed by atoms with Crippen molar-refractivity contribution in [3.63, 3.8) is 0 Å². The van der Waals surface area contributed by atoms with Crippen LogP contribution in [0.2, 0.25) is 0 Å². The van der Waals surface area contributed by atoms with Gasteiger partial charge in [-0.05, 0) is 43.2 Å². The van der Waals surface area contributed by atoms with E-state index in [0.717, 1.165) is 55.6 Å². The van der Waals surface area contributed by atoms with Gasteiger partial charge in [-0.1, -0.05) is 48.5 Å². The van der Waals surface area contributed by atoms with E-state index in [2.05, 4.69) is 62.0 Å². The van der Waals surface area contributed by atoms with Gasteiger partial charge in [0.05, 0.1) is 22.9 Å². The quantitative estimate of drug-likeness (QED) is 0.257. The lowest BCUT2D eigenvalue weighted by Crippen LogP contribution is -2.30. The molecule has 0 saturated carbocycles. The Morgan fingerprint density at radius 1 is 0.806 bits per heavy atom. The summed E-state index contributed by atoms with van der Waals surface area (Å²) in [5.74, 6) is 0. The van der Waals surface area contributed by atoms with E-state index in [9.17, 15) is 5.26 Å². The normalized spacial score (nSPS) is 11.2. The van der Waals surface area contributed by atoms with Gasteiger partial charge in [0, 0.05) is 45.8 Å². The van der Waals surface area contributed by atoms with Crippen molar-refractivity contribution < 1.29 is 8.98 Å². The van der Waals surface area contributed by atoms with Gasteiger partial charge >= 0.3 is 0 Å². The molecule has 36 heavy (non-hydrogen) atoms. The van der Waals surface area contributed by atoms with Crippen molar-refractivity contribution in [1.82, 2.24) is 4.98 Å². The number of hydrogen-bond donors (Lipinski definition) is 0. The number of rotatable bonds is 3. The van der Waals surface area contributed by atoms with E-state index in [4.69, 9.17) is 9.40 Å². The van der Waals surface area contributed by atoms with Gasteiger partial charge in [0.15, 0.2) is 6.20 Å². The third-order valence-electron chi connectivity index (χ3n) is 6.82. The van der Waals surface area contributed by atoms with Crippen molar-refractivity contribution in [2.75, 3.05) is 0 Å². The molecule has 0 bridgehead atoms. The first-order valence-corrected chi connectivity index (χ1v) is 11.9. The van der Waals surface area contributed by atoms with Gasteiger partial charge in [-0.15, -0.1) is 0 Å². The first-order valence-electron chi connectivity index (χ1n) is 11.9. The summed E-state index contributed by atoms with van der Waals surface area (Å²) in [5, 5.41) is 12.0. The van der Waals surface area contributed by atoms with Crippen molar-refractivity contribution in [1.29, 1.82) is 5.26 Å². The number of fused-ring (bicyclic) bond motifs is 3. The van der Waals surface area contributed by atoms with Crippen LogP contribution in [0.3, 0.4) is 0 Å². The summed E-state index contributed by atoms with van der Waals surface area (Å²) in [6.45, 7) is 4.21. The lowest BCUT2D eigenvalue weighted by molar-refractivity contribution is -0.660. The second-order valence-electron chi connectivity index (χ2n) is 9.21. The molecule has 0 N–H and O–H groups in total. The molecule has 0 saturated heterocycles. The molecule has 0 fully saturated rings. The van der Waals surface area contributed by atoms with Crippen LogP contribution in [0.25, 0.3) is 55.6 Å². The van der Waals surface area contributed by atoms with E-state index in [1.165, 1.54) is 5.56 Å². The number of aryl methyl sites for hydroxylation is 3. The van der Waals surface area contributed by atoms with Crippen LogP contribution in [0.5, 0.6) is 0 Å². The first kappa shape index (κ1) is 21.8. The number of nitrogens with zero attached hydrogens (tertiary/aromatic N) is 3. The third kappa shape index (κ3) is 3.45. The molecule has 3 aromatic carbocycles. The summed E-state index contributed by atoms with van der Waals surface area (Å²) >= 11 is 0. The molecule has 3 aromatic heterocycles. The number of furan rings is 1. The van der Waals surface area contributed by atoms with Crippen LogP contribution in [0, 0.1) is 25.2 Å². The minimum atomic E-state index is 0.565. The molecule has 172 valence electrons. The Morgan fingerprint density at radius 2 is 1.56 bits per heavy atom. The second-order valence-corrected chi connectivity index (χ2v) is 9.21. The minimum Gasteiger partial charge on any atom is -0.454 e. The maximum absolute atomic E-state index is 9.97. The van der Waals surface area contributed by atoms with E-state index in [0.29, 0.717) is 11.1 Å². The van der Waals surface area contributed by atoms with E-state index < -0.39 is 0 Å². The first-order chi connectivity index (χ1) is 17.5. The molecule has 0 unspecified atom stereocenters. The summed E-state index contributed by atoms with van der Waals surface area (Å²) in [6.07, 6.45) is 3.91. The van der Waals surface area contributed by atoms with Crippen LogP contribution in [-0.2, 0) is 7.05 Å². The summed E-state index contributed by atoms with van der Waals surface area (Å²) in [7, 11) is 2.05. The van der Waals surface area contributed by atoms with E-state index in [1.807, 2.05) is 60.8 Å². The van der Waals surface area contributed by atoms with Crippen LogP contribution in [-0.4, -0.2) is 4.98 Å². The fraction of sp³-hybridized carbons (Fsp3) is 0.0938. The molecule has 0 spiro atoms. The summed E-state index contributed by atoms with van der Waals surface area (Å²) < 4.78 is 8.79. The lowest BCUT2D eigenvalue weighted by Gasteiger charge is -2.07. The summed E-state index contributed by atoms with van der Waals surface area (Å²) in [6, 6.07) is 28.9. The molecule has 0 aliphatic rings. The maximum Gasteiger partial charge on any atom is 0.216 e. The molecule has 0 aliphatic carbocycles. The summed E-state index contributed by atoms with van der Waals surface area (Å²) in [5.41, 5.74) is 10.2. The van der Waals surface area contributed by atoms with E-state index >= 15 is 0 Å². The van der Waals surface area contributed by atoms with Crippen LogP contribution in [0.15, 0.2) is 95.7 Å². The topological polar surface area (TPSA) is 53.7 Å². The van der Waals surface area contributed by atoms with Crippen molar-refractivity contribution in [3.05, 3.63) is 108 Å². The highest BCUT2D eigenvalue weighted by atomic mass is 16.3. The average Bonchev–Trinajstić information content (AvgIpc) is 3.29. The number of nitriles is 1. The second kappa shape index (κ2) is 8.48. The molecule has 0 atom stereocenters. The van der Waals surface area contributed by atoms with Crippen molar-refractivity contribution >= 4 is 21.9 Å². The molecule has 3 heterocycles. The van der Waals surface area contributed by atoms with Gasteiger partial charge in [-0.3, -0.25) is 4.98 Å². The number of pyridine rings is 2. The van der Waals surface area contributed by atoms with Gasteiger partial charge in [0.1, 0.15) is 18.2 Å². The van der Waals surface area contributed by atoms with Gasteiger partial charge in [0.25, 0.3) is 0 Å². The fourth-order valence-electron chi connectivity index (χ4n) is 4.95. The molecular weight excluding hydrogens is 442 g/mol.